The highest BCUT2D eigenvalue weighted by molar-refractivity contribution is 5.56. The first kappa shape index (κ1) is 8.56. The third-order valence-corrected chi connectivity index (χ3v) is 1.13. The zero-order chi connectivity index (χ0) is 9.35. The van der Waals surface area contributed by atoms with Gasteiger partial charge in [0.15, 0.2) is 0 Å². The number of nitrogens with zero attached hydrogens (tertiary/aromatic N) is 3. The van der Waals surface area contributed by atoms with E-state index in [1.807, 2.05) is 0 Å². The third-order valence-electron chi connectivity index (χ3n) is 1.13. The SMILES string of the molecule is O=[N+]([O-])C1NN=CN1C(F)(F)F. The molecule has 12 heavy (non-hydrogen) atoms. The second-order valence-electron chi connectivity index (χ2n) is 1.91. The summed E-state index contributed by atoms with van der Waals surface area (Å²) in [4.78, 5) is 8.42. The van der Waals surface area contributed by atoms with Crippen molar-refractivity contribution in [2.45, 2.75) is 12.6 Å². The molecule has 0 radical (unpaired) electrons. The Morgan fingerprint density at radius 1 is 1.67 bits per heavy atom. The van der Waals surface area contributed by atoms with Crippen LogP contribution in [0, 0.1) is 10.1 Å². The molecule has 0 saturated carbocycles. The van der Waals surface area contributed by atoms with Crippen LogP contribution >= 0.6 is 0 Å². The number of nitro groups is 1. The summed E-state index contributed by atoms with van der Waals surface area (Å²) in [5.41, 5.74) is 1.69. The van der Waals surface area contributed by atoms with E-state index in [-0.39, 0.29) is 0 Å². The molecule has 0 aliphatic carbocycles. The summed E-state index contributed by atoms with van der Waals surface area (Å²) >= 11 is 0. The van der Waals surface area contributed by atoms with Crippen molar-refractivity contribution in [1.29, 1.82) is 0 Å². The maximum atomic E-state index is 11.9. The average Bonchev–Trinajstić information content (AvgIpc) is 2.30. The van der Waals surface area contributed by atoms with Gasteiger partial charge in [0.05, 0.1) is 4.92 Å². The zero-order valence-corrected chi connectivity index (χ0v) is 5.45. The summed E-state index contributed by atoms with van der Waals surface area (Å²) in [6, 6.07) is 0. The van der Waals surface area contributed by atoms with Crippen molar-refractivity contribution in [3.8, 4) is 0 Å². The minimum Gasteiger partial charge on any atom is -0.261 e. The highest BCUT2D eigenvalue weighted by atomic mass is 19.4. The van der Waals surface area contributed by atoms with E-state index in [0.29, 0.717) is 6.34 Å². The molecule has 1 rings (SSSR count). The van der Waals surface area contributed by atoms with Crippen molar-refractivity contribution in [1.82, 2.24) is 10.3 Å². The molecule has 0 aromatic carbocycles. The quantitative estimate of drug-likeness (QED) is 0.351. The normalized spacial score (nSPS) is 22.6. The largest absolute Gasteiger partial charge is 0.492 e. The predicted octanol–water partition coefficient (Wildman–Crippen LogP) is -0.0850. The number of alkyl halides is 3. The third kappa shape index (κ3) is 1.38. The molecule has 1 heterocycles. The van der Waals surface area contributed by atoms with Gasteiger partial charge in [-0.1, -0.05) is 0 Å². The summed E-state index contributed by atoms with van der Waals surface area (Å²) in [7, 11) is 0. The van der Waals surface area contributed by atoms with Crippen LogP contribution < -0.4 is 5.43 Å². The first-order valence-corrected chi connectivity index (χ1v) is 2.70. The van der Waals surface area contributed by atoms with Gasteiger partial charge in [-0.05, 0) is 0 Å². The first-order valence-electron chi connectivity index (χ1n) is 2.70. The molecule has 1 aliphatic heterocycles. The number of nitrogens with one attached hydrogen (secondary N) is 1. The Morgan fingerprint density at radius 2 is 2.25 bits per heavy atom. The maximum Gasteiger partial charge on any atom is 0.492 e. The lowest BCUT2D eigenvalue weighted by Crippen LogP contribution is -2.50. The van der Waals surface area contributed by atoms with E-state index < -0.39 is 22.4 Å². The Hall–Kier alpha value is -1.54. The van der Waals surface area contributed by atoms with Gasteiger partial charge in [0.25, 0.3) is 0 Å². The Kier molecular flexibility index (Phi) is 1.78. The first-order chi connectivity index (χ1) is 5.43. The smallest absolute Gasteiger partial charge is 0.261 e. The zero-order valence-electron chi connectivity index (χ0n) is 5.45. The van der Waals surface area contributed by atoms with E-state index in [1.165, 1.54) is 0 Å². The maximum absolute atomic E-state index is 11.9. The lowest BCUT2D eigenvalue weighted by atomic mass is 10.7. The molecule has 0 fully saturated rings. The van der Waals surface area contributed by atoms with Crippen molar-refractivity contribution in [2.75, 3.05) is 0 Å². The molecule has 6 nitrogen and oxygen atoms in total. The topological polar surface area (TPSA) is 70.8 Å². The van der Waals surface area contributed by atoms with Gasteiger partial charge in [-0.15, -0.1) is 13.2 Å². The van der Waals surface area contributed by atoms with E-state index in [1.54, 1.807) is 5.43 Å². The fourth-order valence-electron chi connectivity index (χ4n) is 0.640. The molecule has 0 amide bonds. The Labute approximate surface area is 63.8 Å². The Morgan fingerprint density at radius 3 is 2.58 bits per heavy atom. The minimum absolute atomic E-state index is 0.327. The van der Waals surface area contributed by atoms with Crippen LogP contribution in [0.4, 0.5) is 13.2 Å². The van der Waals surface area contributed by atoms with Gasteiger partial charge in [0.2, 0.25) is 0 Å². The van der Waals surface area contributed by atoms with Crippen LogP contribution in [-0.4, -0.2) is 28.8 Å². The average molecular weight is 184 g/mol. The fraction of sp³-hybridized carbons (Fsp3) is 0.667. The number of hydrogen-bond donors (Lipinski definition) is 1. The van der Waals surface area contributed by atoms with Crippen molar-refractivity contribution >= 4 is 6.34 Å². The van der Waals surface area contributed by atoms with Gasteiger partial charge in [0.1, 0.15) is 6.34 Å². The molecule has 0 aromatic rings. The van der Waals surface area contributed by atoms with Gasteiger partial charge in [0, 0.05) is 0 Å². The second-order valence-corrected chi connectivity index (χ2v) is 1.91. The molecule has 68 valence electrons. The summed E-state index contributed by atoms with van der Waals surface area (Å²) in [6.45, 7) is 0. The molecule has 1 unspecified atom stereocenters. The van der Waals surface area contributed by atoms with Crippen LogP contribution in [0.25, 0.3) is 0 Å². The van der Waals surface area contributed by atoms with Crippen LogP contribution in [0.2, 0.25) is 0 Å². The molecular weight excluding hydrogens is 181 g/mol. The monoisotopic (exact) mass is 184 g/mol. The highest BCUT2D eigenvalue weighted by Crippen LogP contribution is 2.23. The van der Waals surface area contributed by atoms with Crippen molar-refractivity contribution in [3.63, 3.8) is 0 Å². The van der Waals surface area contributed by atoms with Gasteiger partial charge in [-0.3, -0.25) is 10.1 Å². The fourth-order valence-corrected chi connectivity index (χ4v) is 0.640. The van der Waals surface area contributed by atoms with Gasteiger partial charge in [-0.2, -0.15) is 10.0 Å². The Bertz CT molecular complexity index is 226. The number of hydrogen-bond acceptors (Lipinski definition) is 5. The van der Waals surface area contributed by atoms with Gasteiger partial charge >= 0.3 is 12.6 Å². The number of halogens is 3. The summed E-state index contributed by atoms with van der Waals surface area (Å²) in [5.74, 6) is 0. The molecule has 0 saturated heterocycles. The molecular formula is C3H3F3N4O2. The van der Waals surface area contributed by atoms with E-state index >= 15 is 0 Å². The Balaban J connectivity index is 2.76. The number of hydrazone groups is 1. The van der Waals surface area contributed by atoms with Crippen molar-refractivity contribution in [3.05, 3.63) is 10.1 Å². The number of rotatable bonds is 1. The molecule has 0 bridgehead atoms. The predicted molar refractivity (Wildman–Crippen MR) is 30.3 cm³/mol. The van der Waals surface area contributed by atoms with Crippen LogP contribution in [0.5, 0.6) is 0 Å². The lowest BCUT2D eigenvalue weighted by Gasteiger charge is -2.18. The van der Waals surface area contributed by atoms with Crippen LogP contribution in [0.1, 0.15) is 0 Å². The second kappa shape index (κ2) is 2.50. The van der Waals surface area contributed by atoms with E-state index in [2.05, 4.69) is 5.10 Å². The van der Waals surface area contributed by atoms with Crippen LogP contribution in [0.15, 0.2) is 5.10 Å². The summed E-state index contributed by atoms with van der Waals surface area (Å²) < 4.78 is 35.6. The molecule has 0 spiro atoms. The van der Waals surface area contributed by atoms with Gasteiger partial charge < -0.3 is 0 Å². The van der Waals surface area contributed by atoms with Crippen molar-refractivity contribution in [2.24, 2.45) is 5.10 Å². The molecule has 1 atom stereocenters. The highest BCUT2D eigenvalue weighted by Gasteiger charge is 2.48. The minimum atomic E-state index is -4.79. The van der Waals surface area contributed by atoms with Crippen LogP contribution in [-0.2, 0) is 0 Å². The van der Waals surface area contributed by atoms with E-state index in [4.69, 9.17) is 0 Å². The van der Waals surface area contributed by atoms with E-state index in [0.717, 1.165) is 0 Å². The lowest BCUT2D eigenvalue weighted by molar-refractivity contribution is -0.563. The van der Waals surface area contributed by atoms with Crippen LogP contribution in [0.3, 0.4) is 0 Å². The van der Waals surface area contributed by atoms with E-state index in [9.17, 15) is 23.3 Å². The van der Waals surface area contributed by atoms with Crippen molar-refractivity contribution < 1.29 is 18.1 Å². The summed E-state index contributed by atoms with van der Waals surface area (Å²) in [5, 5.41) is 12.9. The standard InChI is InChI=1S/C3H3F3N4O2/c4-3(5,6)9-1-7-8-2(9)10(11)12/h1-2,8H. The summed E-state index contributed by atoms with van der Waals surface area (Å²) in [6.07, 6.45) is -6.51. The molecule has 9 heteroatoms. The molecule has 0 aromatic heterocycles. The molecule has 1 aliphatic rings. The molecule has 1 N–H and O–H groups in total. The van der Waals surface area contributed by atoms with Gasteiger partial charge in [-0.25, -0.2) is 5.43 Å².